The quantitative estimate of drug-likeness (QED) is 0.739. The molecule has 0 aliphatic carbocycles. The van der Waals surface area contributed by atoms with Crippen molar-refractivity contribution in [3.05, 3.63) is 53.1 Å². The average Bonchev–Trinajstić information content (AvgIpc) is 2.38. The van der Waals surface area contributed by atoms with Crippen molar-refractivity contribution >= 4 is 5.78 Å². The van der Waals surface area contributed by atoms with Crippen LogP contribution in [0, 0.1) is 0 Å². The van der Waals surface area contributed by atoms with E-state index in [1.165, 1.54) is 18.2 Å². The number of hydrogen-bond acceptors (Lipinski definition) is 4. The highest BCUT2D eigenvalue weighted by molar-refractivity contribution is 6.11. The highest BCUT2D eigenvalue weighted by Gasteiger charge is 2.16. The molecule has 98 valence electrons. The van der Waals surface area contributed by atoms with E-state index < -0.39 is 5.78 Å². The molecule has 0 aliphatic rings. The molecule has 2 rings (SSSR count). The van der Waals surface area contributed by atoms with Gasteiger partial charge in [-0.2, -0.15) is 0 Å². The molecule has 4 nitrogen and oxygen atoms in total. The van der Waals surface area contributed by atoms with Gasteiger partial charge in [0.05, 0.1) is 5.56 Å². The Morgan fingerprint density at radius 2 is 1.79 bits per heavy atom. The monoisotopic (exact) mass is 258 g/mol. The fraction of sp³-hybridized carbons (Fsp3) is 0.133. The van der Waals surface area contributed by atoms with E-state index in [-0.39, 0.29) is 28.4 Å². The number of phenolic OH excluding ortho intramolecular Hbond substituents is 3. The molecule has 2 aromatic carbocycles. The summed E-state index contributed by atoms with van der Waals surface area (Å²) in [5.74, 6) is -0.724. The topological polar surface area (TPSA) is 77.8 Å². The Kier molecular flexibility index (Phi) is 3.42. The third-order valence-corrected chi connectivity index (χ3v) is 2.93. The third-order valence-electron chi connectivity index (χ3n) is 2.93. The largest absolute Gasteiger partial charge is 0.508 e. The minimum Gasteiger partial charge on any atom is -0.508 e. The number of ketones is 1. The van der Waals surface area contributed by atoms with Crippen LogP contribution in [0.3, 0.4) is 0 Å². The van der Waals surface area contributed by atoms with E-state index in [9.17, 15) is 20.1 Å². The first-order valence-corrected chi connectivity index (χ1v) is 5.91. The zero-order chi connectivity index (χ0) is 14.0. The lowest BCUT2D eigenvalue weighted by molar-refractivity contribution is 0.103. The van der Waals surface area contributed by atoms with Crippen LogP contribution in [-0.2, 0) is 6.42 Å². The van der Waals surface area contributed by atoms with Crippen LogP contribution in [0.25, 0.3) is 0 Å². The maximum atomic E-state index is 12.2. The van der Waals surface area contributed by atoms with E-state index in [1.807, 2.05) is 6.92 Å². The van der Waals surface area contributed by atoms with Crippen molar-refractivity contribution < 1.29 is 20.1 Å². The molecule has 0 amide bonds. The molecule has 4 heteroatoms. The summed E-state index contributed by atoms with van der Waals surface area (Å²) >= 11 is 0. The lowest BCUT2D eigenvalue weighted by Gasteiger charge is -2.08. The highest BCUT2D eigenvalue weighted by Crippen LogP contribution is 2.29. The van der Waals surface area contributed by atoms with Gasteiger partial charge < -0.3 is 15.3 Å². The van der Waals surface area contributed by atoms with E-state index in [1.54, 1.807) is 12.1 Å². The molecule has 0 fully saturated rings. The molecule has 0 saturated carbocycles. The van der Waals surface area contributed by atoms with Crippen molar-refractivity contribution in [2.75, 3.05) is 0 Å². The number of carbonyl (C=O) groups excluding carboxylic acids is 1. The molecule has 0 unspecified atom stereocenters. The highest BCUT2D eigenvalue weighted by atomic mass is 16.3. The molecule has 0 spiro atoms. The number of aryl methyl sites for hydroxylation is 1. The summed E-state index contributed by atoms with van der Waals surface area (Å²) in [5.41, 5.74) is 0.976. The first-order chi connectivity index (χ1) is 9.02. The van der Waals surface area contributed by atoms with Crippen molar-refractivity contribution in [1.82, 2.24) is 0 Å². The van der Waals surface area contributed by atoms with Gasteiger partial charge in [0.2, 0.25) is 0 Å². The van der Waals surface area contributed by atoms with Gasteiger partial charge in [0, 0.05) is 11.6 Å². The molecule has 0 bridgehead atoms. The van der Waals surface area contributed by atoms with Gasteiger partial charge in [-0.3, -0.25) is 4.79 Å². The predicted octanol–water partition coefficient (Wildman–Crippen LogP) is 2.60. The van der Waals surface area contributed by atoms with Gasteiger partial charge in [-0.15, -0.1) is 0 Å². The van der Waals surface area contributed by atoms with E-state index in [4.69, 9.17) is 0 Å². The third kappa shape index (κ3) is 2.52. The molecule has 2 aromatic rings. The number of hydrogen-bond donors (Lipinski definition) is 3. The smallest absolute Gasteiger partial charge is 0.196 e. The summed E-state index contributed by atoms with van der Waals surface area (Å²) in [5, 5.41) is 28.7. The first-order valence-electron chi connectivity index (χ1n) is 5.91. The van der Waals surface area contributed by atoms with Gasteiger partial charge in [0.25, 0.3) is 0 Å². The summed E-state index contributed by atoms with van der Waals surface area (Å²) < 4.78 is 0. The van der Waals surface area contributed by atoms with Gasteiger partial charge in [-0.25, -0.2) is 0 Å². The summed E-state index contributed by atoms with van der Waals surface area (Å²) in [6, 6.07) is 8.54. The molecule has 0 radical (unpaired) electrons. The summed E-state index contributed by atoms with van der Waals surface area (Å²) in [7, 11) is 0. The second-order valence-corrected chi connectivity index (χ2v) is 4.23. The first kappa shape index (κ1) is 13.0. The standard InChI is InChI=1S/C15H14O4/c1-2-9-7-12(14(18)8-13(9)17)15(19)10-4-3-5-11(16)6-10/h3-8,16-18H,2H2,1H3. The second kappa shape index (κ2) is 5.02. The lowest BCUT2D eigenvalue weighted by Crippen LogP contribution is -2.02. The molecule has 0 aromatic heterocycles. The number of benzene rings is 2. The van der Waals surface area contributed by atoms with Crippen LogP contribution >= 0.6 is 0 Å². The van der Waals surface area contributed by atoms with Crippen molar-refractivity contribution in [3.63, 3.8) is 0 Å². The van der Waals surface area contributed by atoms with Gasteiger partial charge in [0.1, 0.15) is 17.2 Å². The van der Waals surface area contributed by atoms with Gasteiger partial charge in [-0.1, -0.05) is 19.1 Å². The minimum absolute atomic E-state index is 0.0140. The Labute approximate surface area is 110 Å². The molecule has 3 N–H and O–H groups in total. The Hall–Kier alpha value is -2.49. The summed E-state index contributed by atoms with van der Waals surface area (Å²) in [6.45, 7) is 1.84. The maximum Gasteiger partial charge on any atom is 0.196 e. The van der Waals surface area contributed by atoms with E-state index >= 15 is 0 Å². The lowest BCUT2D eigenvalue weighted by atomic mass is 9.98. The Morgan fingerprint density at radius 3 is 2.42 bits per heavy atom. The van der Waals surface area contributed by atoms with Crippen molar-refractivity contribution in [3.8, 4) is 17.2 Å². The molecule has 0 heterocycles. The number of phenols is 3. The van der Waals surface area contributed by atoms with Gasteiger partial charge >= 0.3 is 0 Å². The fourth-order valence-corrected chi connectivity index (χ4v) is 1.89. The summed E-state index contributed by atoms with van der Waals surface area (Å²) in [4.78, 5) is 12.2. The average molecular weight is 258 g/mol. The van der Waals surface area contributed by atoms with E-state index in [2.05, 4.69) is 0 Å². The fourth-order valence-electron chi connectivity index (χ4n) is 1.89. The molecular weight excluding hydrogens is 244 g/mol. The van der Waals surface area contributed by atoms with Crippen LogP contribution < -0.4 is 0 Å². The molecule has 19 heavy (non-hydrogen) atoms. The number of aromatic hydroxyl groups is 3. The molecular formula is C15H14O4. The summed E-state index contributed by atoms with van der Waals surface area (Å²) in [6.07, 6.45) is 0.548. The molecule has 0 aliphatic heterocycles. The zero-order valence-electron chi connectivity index (χ0n) is 10.4. The van der Waals surface area contributed by atoms with Gasteiger partial charge in [-0.05, 0) is 30.2 Å². The second-order valence-electron chi connectivity index (χ2n) is 4.23. The van der Waals surface area contributed by atoms with Crippen LogP contribution in [-0.4, -0.2) is 21.1 Å². The number of carbonyl (C=O) groups is 1. The van der Waals surface area contributed by atoms with Gasteiger partial charge in [0.15, 0.2) is 5.78 Å². The SMILES string of the molecule is CCc1cc(C(=O)c2cccc(O)c2)c(O)cc1O. The van der Waals surface area contributed by atoms with Crippen molar-refractivity contribution in [1.29, 1.82) is 0 Å². The van der Waals surface area contributed by atoms with E-state index in [0.29, 0.717) is 12.0 Å². The van der Waals surface area contributed by atoms with Crippen LogP contribution in [0.1, 0.15) is 28.4 Å². The van der Waals surface area contributed by atoms with Crippen LogP contribution in [0.4, 0.5) is 0 Å². The zero-order valence-corrected chi connectivity index (χ0v) is 10.4. The van der Waals surface area contributed by atoms with Crippen molar-refractivity contribution in [2.45, 2.75) is 13.3 Å². The Bertz CT molecular complexity index is 632. The Balaban J connectivity index is 2.50. The van der Waals surface area contributed by atoms with Crippen LogP contribution in [0.15, 0.2) is 36.4 Å². The van der Waals surface area contributed by atoms with Crippen LogP contribution in [0.5, 0.6) is 17.2 Å². The molecule has 0 atom stereocenters. The van der Waals surface area contributed by atoms with E-state index in [0.717, 1.165) is 6.07 Å². The molecule has 0 saturated heterocycles. The normalized spacial score (nSPS) is 10.4. The number of rotatable bonds is 3. The maximum absolute atomic E-state index is 12.2. The minimum atomic E-state index is -0.400. The Morgan fingerprint density at radius 1 is 1.05 bits per heavy atom. The van der Waals surface area contributed by atoms with Crippen LogP contribution in [0.2, 0.25) is 0 Å². The predicted molar refractivity (Wildman–Crippen MR) is 70.7 cm³/mol. The van der Waals surface area contributed by atoms with Crippen molar-refractivity contribution in [2.24, 2.45) is 0 Å².